The first-order valence-corrected chi connectivity index (χ1v) is 8.30. The van der Waals surface area contributed by atoms with Crippen LogP contribution in [0.1, 0.15) is 12.6 Å². The molecule has 4 N–H and O–H groups in total. The van der Waals surface area contributed by atoms with Gasteiger partial charge in [-0.15, -0.1) is 0 Å². The van der Waals surface area contributed by atoms with Crippen molar-refractivity contribution in [2.75, 3.05) is 10.5 Å². The van der Waals surface area contributed by atoms with Gasteiger partial charge in [-0.2, -0.15) is 5.10 Å². The van der Waals surface area contributed by atoms with Gasteiger partial charge in [0.15, 0.2) is 5.82 Å². The normalized spacial score (nSPS) is 11.6. The van der Waals surface area contributed by atoms with Crippen molar-refractivity contribution >= 4 is 49.1 Å². The summed E-state index contributed by atoms with van der Waals surface area (Å²) in [6.45, 7) is 1.93. The molecule has 0 saturated heterocycles. The van der Waals surface area contributed by atoms with Gasteiger partial charge in [0.1, 0.15) is 4.90 Å². The molecule has 108 valence electrons. The fourth-order valence-electron chi connectivity index (χ4n) is 1.57. The second-order valence-corrected chi connectivity index (χ2v) is 6.92. The van der Waals surface area contributed by atoms with Gasteiger partial charge in [0, 0.05) is 22.5 Å². The first kappa shape index (κ1) is 15.1. The minimum Gasteiger partial charge on any atom is -0.398 e. The monoisotopic (exact) mass is 378 g/mol. The highest BCUT2D eigenvalue weighted by atomic mass is 79.9. The average Bonchev–Trinajstić information content (AvgIpc) is 2.80. The molecule has 1 aromatic carbocycles. The summed E-state index contributed by atoms with van der Waals surface area (Å²) in [7, 11) is -3.83. The van der Waals surface area contributed by atoms with Gasteiger partial charge >= 0.3 is 0 Å². The second kappa shape index (κ2) is 5.63. The first-order chi connectivity index (χ1) is 9.33. The maximum atomic E-state index is 12.3. The number of rotatable bonds is 4. The molecule has 0 aliphatic rings. The van der Waals surface area contributed by atoms with E-state index in [4.69, 9.17) is 17.3 Å². The molecule has 1 aromatic heterocycles. The summed E-state index contributed by atoms with van der Waals surface area (Å²) in [6, 6.07) is 4.41. The van der Waals surface area contributed by atoms with E-state index in [9.17, 15) is 8.42 Å². The molecule has 9 heteroatoms. The van der Waals surface area contributed by atoms with E-state index in [-0.39, 0.29) is 25.9 Å². The Morgan fingerprint density at radius 2 is 2.15 bits per heavy atom. The van der Waals surface area contributed by atoms with Gasteiger partial charge in [-0.25, -0.2) is 8.42 Å². The van der Waals surface area contributed by atoms with Crippen LogP contribution in [-0.4, -0.2) is 18.6 Å². The molecule has 0 amide bonds. The number of nitrogens with zero attached hydrogens (tertiary/aromatic N) is 1. The number of aryl methyl sites for hydroxylation is 1. The summed E-state index contributed by atoms with van der Waals surface area (Å²) >= 11 is 8.99. The molecular formula is C11H12BrClN4O2S. The number of anilines is 2. The highest BCUT2D eigenvalue weighted by Gasteiger charge is 2.21. The lowest BCUT2D eigenvalue weighted by Gasteiger charge is -2.09. The van der Waals surface area contributed by atoms with Gasteiger partial charge in [-0.1, -0.05) is 18.5 Å². The molecule has 0 saturated carbocycles. The van der Waals surface area contributed by atoms with Crippen LogP contribution in [-0.2, 0) is 16.4 Å². The molecule has 0 fully saturated rings. The fourth-order valence-corrected chi connectivity index (χ4v) is 3.85. The molecule has 0 aliphatic carbocycles. The fraction of sp³-hybridized carbons (Fsp3) is 0.182. The molecule has 2 rings (SSSR count). The van der Waals surface area contributed by atoms with E-state index in [1.165, 1.54) is 12.1 Å². The van der Waals surface area contributed by atoms with Crippen LogP contribution in [0.5, 0.6) is 0 Å². The summed E-state index contributed by atoms with van der Waals surface area (Å²) < 4.78 is 27.3. The highest BCUT2D eigenvalue weighted by Crippen LogP contribution is 2.32. The summed E-state index contributed by atoms with van der Waals surface area (Å²) in [5, 5.41) is 6.84. The van der Waals surface area contributed by atoms with Gasteiger partial charge in [0.25, 0.3) is 10.0 Å². The molecule has 6 nitrogen and oxygen atoms in total. The molecular weight excluding hydrogens is 368 g/mol. The van der Waals surface area contributed by atoms with Gasteiger partial charge in [-0.05, 0) is 34.5 Å². The number of halogens is 2. The minimum absolute atomic E-state index is 0.0384. The average molecular weight is 380 g/mol. The van der Waals surface area contributed by atoms with Crippen molar-refractivity contribution in [1.29, 1.82) is 0 Å². The second-order valence-electron chi connectivity index (χ2n) is 4.04. The standard InChI is InChI=1S/C11H12BrClN4O2S/c1-2-7-5-10(16-15-7)17-20(18,19)9-4-6(13)3-8(14)11(9)12/h3-5H,2,14H2,1H3,(H2,15,16,17). The molecule has 0 atom stereocenters. The smallest absolute Gasteiger partial charge is 0.264 e. The number of sulfonamides is 1. The number of hydrogen-bond donors (Lipinski definition) is 3. The number of nitrogens with one attached hydrogen (secondary N) is 2. The lowest BCUT2D eigenvalue weighted by molar-refractivity contribution is 0.600. The van der Waals surface area contributed by atoms with Crippen LogP contribution in [0.25, 0.3) is 0 Å². The van der Waals surface area contributed by atoms with Crippen molar-refractivity contribution in [3.8, 4) is 0 Å². The molecule has 1 heterocycles. The van der Waals surface area contributed by atoms with Crippen LogP contribution < -0.4 is 10.5 Å². The van der Waals surface area contributed by atoms with E-state index in [0.29, 0.717) is 0 Å². The lowest BCUT2D eigenvalue weighted by Crippen LogP contribution is -2.14. The van der Waals surface area contributed by atoms with Crippen molar-refractivity contribution in [3.05, 3.63) is 33.4 Å². The molecule has 0 spiro atoms. The van der Waals surface area contributed by atoms with Crippen molar-refractivity contribution in [1.82, 2.24) is 10.2 Å². The molecule has 0 unspecified atom stereocenters. The number of H-pyrrole nitrogens is 1. The van der Waals surface area contributed by atoms with E-state index >= 15 is 0 Å². The van der Waals surface area contributed by atoms with E-state index in [1.54, 1.807) is 6.07 Å². The van der Waals surface area contributed by atoms with Gasteiger partial charge in [0.2, 0.25) is 0 Å². The number of nitrogens with two attached hydrogens (primary N) is 1. The first-order valence-electron chi connectivity index (χ1n) is 5.65. The molecule has 2 aromatic rings. The quantitative estimate of drug-likeness (QED) is 0.711. The maximum Gasteiger partial charge on any atom is 0.264 e. The van der Waals surface area contributed by atoms with E-state index in [2.05, 4.69) is 30.8 Å². The van der Waals surface area contributed by atoms with Crippen molar-refractivity contribution in [3.63, 3.8) is 0 Å². The largest absolute Gasteiger partial charge is 0.398 e. The van der Waals surface area contributed by atoms with Crippen LogP contribution in [0.15, 0.2) is 27.6 Å². The predicted octanol–water partition coefficient (Wildman–Crippen LogP) is 2.77. The number of benzene rings is 1. The number of hydrogen-bond acceptors (Lipinski definition) is 4. The lowest BCUT2D eigenvalue weighted by atomic mass is 10.3. The molecule has 0 aliphatic heterocycles. The topological polar surface area (TPSA) is 101 Å². The number of nitrogen functional groups attached to an aromatic ring is 1. The Balaban J connectivity index is 2.40. The predicted molar refractivity (Wildman–Crippen MR) is 82.3 cm³/mol. The van der Waals surface area contributed by atoms with Crippen LogP contribution in [0.3, 0.4) is 0 Å². The molecule has 0 radical (unpaired) electrons. The summed E-state index contributed by atoms with van der Waals surface area (Å²) in [5.41, 5.74) is 6.76. The zero-order valence-electron chi connectivity index (χ0n) is 10.4. The highest BCUT2D eigenvalue weighted by molar-refractivity contribution is 9.10. The molecule has 0 bridgehead atoms. The maximum absolute atomic E-state index is 12.3. The van der Waals surface area contributed by atoms with Crippen molar-refractivity contribution in [2.45, 2.75) is 18.2 Å². The minimum atomic E-state index is -3.83. The van der Waals surface area contributed by atoms with Crippen LogP contribution >= 0.6 is 27.5 Å². The van der Waals surface area contributed by atoms with Crippen LogP contribution in [0.2, 0.25) is 5.02 Å². The van der Waals surface area contributed by atoms with Crippen LogP contribution in [0, 0.1) is 0 Å². The SMILES string of the molecule is CCc1cc(NS(=O)(=O)c2cc(Cl)cc(N)c2Br)n[nH]1. The Kier molecular flexibility index (Phi) is 4.26. The summed E-state index contributed by atoms with van der Waals surface area (Å²) in [5.74, 6) is 0.215. The Bertz CT molecular complexity index is 745. The third-order valence-electron chi connectivity index (χ3n) is 2.57. The zero-order chi connectivity index (χ0) is 14.9. The van der Waals surface area contributed by atoms with Gasteiger partial charge < -0.3 is 5.73 Å². The Morgan fingerprint density at radius 3 is 2.75 bits per heavy atom. The van der Waals surface area contributed by atoms with E-state index in [0.717, 1.165) is 12.1 Å². The van der Waals surface area contributed by atoms with Gasteiger partial charge in [-0.3, -0.25) is 9.82 Å². The number of aromatic nitrogens is 2. The molecule has 20 heavy (non-hydrogen) atoms. The Hall–Kier alpha value is -1.25. The van der Waals surface area contributed by atoms with Crippen molar-refractivity contribution in [2.24, 2.45) is 0 Å². The van der Waals surface area contributed by atoms with E-state index < -0.39 is 10.0 Å². The Morgan fingerprint density at radius 1 is 1.45 bits per heavy atom. The summed E-state index contributed by atoms with van der Waals surface area (Å²) in [6.07, 6.45) is 0.725. The Labute approximate surface area is 129 Å². The van der Waals surface area contributed by atoms with Crippen molar-refractivity contribution < 1.29 is 8.42 Å². The van der Waals surface area contributed by atoms with Gasteiger partial charge in [0.05, 0.1) is 4.47 Å². The third-order valence-corrected chi connectivity index (χ3v) is 5.32. The summed E-state index contributed by atoms with van der Waals surface area (Å²) in [4.78, 5) is -0.0384. The van der Waals surface area contributed by atoms with E-state index in [1.807, 2.05) is 6.92 Å². The zero-order valence-corrected chi connectivity index (χ0v) is 13.6. The number of aromatic amines is 1. The third kappa shape index (κ3) is 3.08. The van der Waals surface area contributed by atoms with Crippen LogP contribution in [0.4, 0.5) is 11.5 Å².